The molecule has 0 radical (unpaired) electrons. The molecule has 9 nitrogen and oxygen atoms in total. The van der Waals surface area contributed by atoms with Gasteiger partial charge in [-0.2, -0.15) is 0 Å². The van der Waals surface area contributed by atoms with Crippen LogP contribution >= 0.6 is 11.6 Å². The summed E-state index contributed by atoms with van der Waals surface area (Å²) in [6.45, 7) is 5.07. The number of ether oxygens (including phenoxy) is 2. The first kappa shape index (κ1) is 24.0. The fourth-order valence-electron chi connectivity index (χ4n) is 3.31. The molecule has 0 spiro atoms. The quantitative estimate of drug-likeness (QED) is 0.381. The van der Waals surface area contributed by atoms with Crippen molar-refractivity contribution in [2.45, 2.75) is 27.4 Å². The maximum atomic E-state index is 12.6. The molecule has 1 N–H and O–H groups in total. The van der Waals surface area contributed by atoms with E-state index in [4.69, 9.17) is 25.6 Å². The summed E-state index contributed by atoms with van der Waals surface area (Å²) in [5.74, 6) is 0.0281. The predicted octanol–water partition coefficient (Wildman–Crippen LogP) is 4.24. The molecule has 0 aliphatic carbocycles. The normalized spacial score (nSPS) is 10.9. The lowest BCUT2D eigenvalue weighted by Crippen LogP contribution is -2.21. The van der Waals surface area contributed by atoms with Gasteiger partial charge in [-0.1, -0.05) is 23.7 Å². The van der Waals surface area contributed by atoms with Crippen molar-refractivity contribution in [2.24, 2.45) is 0 Å². The van der Waals surface area contributed by atoms with Gasteiger partial charge >= 0.3 is 5.97 Å². The molecule has 35 heavy (non-hydrogen) atoms. The van der Waals surface area contributed by atoms with E-state index in [1.165, 1.54) is 24.3 Å². The minimum atomic E-state index is -0.672. The number of nitrogens with zero attached hydrogens (tertiary/aromatic N) is 2. The minimum Gasteiger partial charge on any atom is -0.483 e. The Balaban J connectivity index is 1.40. The Hall–Kier alpha value is -4.11. The highest BCUT2D eigenvalue weighted by Crippen LogP contribution is 2.24. The van der Waals surface area contributed by atoms with Gasteiger partial charge in [0.2, 0.25) is 0 Å². The van der Waals surface area contributed by atoms with Crippen LogP contribution in [-0.2, 0) is 16.1 Å². The van der Waals surface area contributed by atoms with E-state index in [2.05, 4.69) is 10.3 Å². The van der Waals surface area contributed by atoms with E-state index in [-0.39, 0.29) is 35.2 Å². The van der Waals surface area contributed by atoms with E-state index >= 15 is 0 Å². The minimum absolute atomic E-state index is 0.164. The zero-order valence-electron chi connectivity index (χ0n) is 19.3. The molecule has 180 valence electrons. The van der Waals surface area contributed by atoms with Gasteiger partial charge in [0.05, 0.1) is 22.0 Å². The highest BCUT2D eigenvalue weighted by atomic mass is 35.5. The average Bonchev–Trinajstić information content (AvgIpc) is 3.20. The number of hydrogen-bond donors (Lipinski definition) is 1. The molecular formula is C25H22ClN3O6. The zero-order valence-corrected chi connectivity index (χ0v) is 20.0. The van der Waals surface area contributed by atoms with Crippen molar-refractivity contribution in [3.05, 3.63) is 92.1 Å². The number of rotatable bonds is 7. The van der Waals surface area contributed by atoms with E-state index in [9.17, 15) is 14.4 Å². The van der Waals surface area contributed by atoms with E-state index in [1.807, 2.05) is 32.0 Å². The highest BCUT2D eigenvalue weighted by molar-refractivity contribution is 6.33. The summed E-state index contributed by atoms with van der Waals surface area (Å²) in [4.78, 5) is 41.3. The Bertz CT molecular complexity index is 1490. The monoisotopic (exact) mass is 495 g/mol. The second-order valence-electron chi connectivity index (χ2n) is 7.96. The molecule has 0 aliphatic heterocycles. The van der Waals surface area contributed by atoms with E-state index in [0.717, 1.165) is 15.7 Å². The summed E-state index contributed by atoms with van der Waals surface area (Å²) >= 11 is 6.19. The standard InChI is InChI=1S/C25H22ClN3O6/c1-14-4-5-15(2)21(8-14)33-13-23(30)28-20-10-17(6-7-19(20)26)25(32)34-12-18-11-24(31)29-22(27-18)9-16(3)35-29/h4-11H,12-13H2,1-3H3,(H,28,30). The fourth-order valence-corrected chi connectivity index (χ4v) is 3.48. The van der Waals surface area contributed by atoms with Crippen molar-refractivity contribution < 1.29 is 23.6 Å². The van der Waals surface area contributed by atoms with Crippen LogP contribution in [0.1, 0.15) is 32.9 Å². The maximum absolute atomic E-state index is 12.6. The molecule has 0 saturated heterocycles. The van der Waals surface area contributed by atoms with Gasteiger partial charge in [-0.15, -0.1) is 4.57 Å². The lowest BCUT2D eigenvalue weighted by Gasteiger charge is -2.12. The molecule has 0 bridgehead atoms. The first-order valence-corrected chi connectivity index (χ1v) is 11.0. The van der Waals surface area contributed by atoms with Crippen LogP contribution in [-0.4, -0.2) is 28.0 Å². The summed E-state index contributed by atoms with van der Waals surface area (Å²) in [5.41, 5.74) is 2.50. The number of nitrogens with one attached hydrogen (secondary N) is 1. The van der Waals surface area contributed by atoms with Crippen LogP contribution in [0.3, 0.4) is 0 Å². The van der Waals surface area contributed by atoms with Crippen LogP contribution in [0.25, 0.3) is 5.65 Å². The first-order valence-electron chi connectivity index (χ1n) is 10.7. The number of anilines is 1. The third-order valence-electron chi connectivity index (χ3n) is 5.05. The largest absolute Gasteiger partial charge is 0.483 e. The van der Waals surface area contributed by atoms with Gasteiger partial charge in [-0.05, 0) is 56.2 Å². The Kier molecular flexibility index (Phi) is 6.88. The summed E-state index contributed by atoms with van der Waals surface area (Å²) in [5, 5.41) is 2.89. The van der Waals surface area contributed by atoms with Crippen LogP contribution < -0.4 is 15.6 Å². The molecule has 2 aromatic carbocycles. The average molecular weight is 496 g/mol. The third kappa shape index (κ3) is 5.70. The number of hydrogen-bond acceptors (Lipinski definition) is 7. The van der Waals surface area contributed by atoms with Gasteiger partial charge in [-0.25, -0.2) is 9.78 Å². The number of fused-ring (bicyclic) bond motifs is 1. The molecule has 10 heteroatoms. The van der Waals surface area contributed by atoms with E-state index < -0.39 is 17.4 Å². The van der Waals surface area contributed by atoms with Gasteiger partial charge in [0.15, 0.2) is 12.3 Å². The lowest BCUT2D eigenvalue weighted by atomic mass is 10.1. The molecule has 0 unspecified atom stereocenters. The number of amides is 1. The number of carbonyl (C=O) groups is 2. The van der Waals surface area contributed by atoms with E-state index in [0.29, 0.717) is 17.2 Å². The van der Waals surface area contributed by atoms with Crippen molar-refractivity contribution >= 4 is 34.8 Å². The van der Waals surface area contributed by atoms with Gasteiger partial charge in [-0.3, -0.25) is 9.59 Å². The summed E-state index contributed by atoms with van der Waals surface area (Å²) in [6.07, 6.45) is 0. The van der Waals surface area contributed by atoms with Gasteiger partial charge < -0.3 is 19.3 Å². The topological polar surface area (TPSA) is 112 Å². The second kappa shape index (κ2) is 10.0. The number of benzene rings is 2. The van der Waals surface area contributed by atoms with Crippen LogP contribution in [0.4, 0.5) is 5.69 Å². The predicted molar refractivity (Wildman–Crippen MR) is 129 cm³/mol. The summed E-state index contributed by atoms with van der Waals surface area (Å²) in [6, 6.07) is 12.9. The van der Waals surface area contributed by atoms with Crippen molar-refractivity contribution in [3.8, 4) is 5.75 Å². The van der Waals surface area contributed by atoms with Crippen LogP contribution in [0.2, 0.25) is 5.02 Å². The van der Waals surface area contributed by atoms with Crippen LogP contribution in [0, 0.1) is 20.8 Å². The molecule has 0 fully saturated rings. The number of aryl methyl sites for hydroxylation is 3. The Morgan fingerprint density at radius 1 is 1.09 bits per heavy atom. The molecule has 2 aromatic heterocycles. The lowest BCUT2D eigenvalue weighted by molar-refractivity contribution is -0.118. The van der Waals surface area contributed by atoms with Gasteiger partial charge in [0.1, 0.15) is 18.1 Å². The Labute approximate surface area is 205 Å². The fraction of sp³-hybridized carbons (Fsp3) is 0.200. The smallest absolute Gasteiger partial charge is 0.338 e. The number of carbonyl (C=O) groups excluding carboxylic acids is 2. The second-order valence-corrected chi connectivity index (χ2v) is 8.37. The number of aromatic nitrogens is 2. The maximum Gasteiger partial charge on any atom is 0.338 e. The molecule has 0 aliphatic rings. The van der Waals surface area contributed by atoms with Gasteiger partial charge in [0.25, 0.3) is 11.5 Å². The molecule has 0 atom stereocenters. The van der Waals surface area contributed by atoms with Gasteiger partial charge in [0, 0.05) is 12.1 Å². The Morgan fingerprint density at radius 2 is 1.89 bits per heavy atom. The van der Waals surface area contributed by atoms with Crippen LogP contribution in [0.5, 0.6) is 5.75 Å². The molecular weight excluding hydrogens is 474 g/mol. The molecule has 0 saturated carbocycles. The molecule has 4 rings (SSSR count). The van der Waals surface area contributed by atoms with Crippen molar-refractivity contribution in [1.29, 1.82) is 0 Å². The SMILES string of the molecule is Cc1ccc(C)c(OCC(=O)Nc2cc(C(=O)OCc3cc(=O)n4oc(C)cc4n3)ccc2Cl)c1. The molecule has 4 aromatic rings. The first-order chi connectivity index (χ1) is 16.7. The Morgan fingerprint density at radius 3 is 2.69 bits per heavy atom. The van der Waals surface area contributed by atoms with Crippen LogP contribution in [0.15, 0.2) is 57.8 Å². The molecule has 2 heterocycles. The summed E-state index contributed by atoms with van der Waals surface area (Å²) < 4.78 is 17.2. The summed E-state index contributed by atoms with van der Waals surface area (Å²) in [7, 11) is 0. The highest BCUT2D eigenvalue weighted by Gasteiger charge is 2.15. The number of halogens is 1. The number of esters is 1. The van der Waals surface area contributed by atoms with E-state index in [1.54, 1.807) is 13.0 Å². The van der Waals surface area contributed by atoms with Crippen molar-refractivity contribution in [3.63, 3.8) is 0 Å². The third-order valence-corrected chi connectivity index (χ3v) is 5.38. The van der Waals surface area contributed by atoms with Crippen molar-refractivity contribution in [1.82, 2.24) is 9.56 Å². The van der Waals surface area contributed by atoms with Crippen molar-refractivity contribution in [2.75, 3.05) is 11.9 Å². The molecule has 1 amide bonds. The zero-order chi connectivity index (χ0) is 25.1.